The summed E-state index contributed by atoms with van der Waals surface area (Å²) >= 11 is 7.52. The number of halogens is 1. The maximum Gasteiger partial charge on any atom is 0.319 e. The molecule has 0 atom stereocenters. The summed E-state index contributed by atoms with van der Waals surface area (Å²) in [7, 11) is 0. The molecule has 1 aromatic carbocycles. The molecular weight excluding hydrogens is 408 g/mol. The van der Waals surface area contributed by atoms with Crippen LogP contribution in [0.5, 0.6) is 0 Å². The minimum absolute atomic E-state index is 0.0106. The number of piperidine rings is 1. The molecule has 2 heterocycles. The van der Waals surface area contributed by atoms with Gasteiger partial charge in [-0.15, -0.1) is 11.3 Å². The third-order valence-corrected chi connectivity index (χ3v) is 6.37. The number of urea groups is 1. The van der Waals surface area contributed by atoms with E-state index in [1.165, 1.54) is 11.3 Å². The number of likely N-dealkylation sites (tertiary alicyclic amines) is 1. The van der Waals surface area contributed by atoms with E-state index in [-0.39, 0.29) is 17.9 Å². The van der Waals surface area contributed by atoms with Crippen LogP contribution in [0, 0.1) is 5.92 Å². The molecule has 1 aliphatic rings. The molecule has 0 aliphatic carbocycles. The molecule has 29 heavy (non-hydrogen) atoms. The lowest BCUT2D eigenvalue weighted by atomic mass is 9.96. The number of anilines is 1. The summed E-state index contributed by atoms with van der Waals surface area (Å²) in [4.78, 5) is 34.1. The van der Waals surface area contributed by atoms with E-state index in [2.05, 4.69) is 10.3 Å². The summed E-state index contributed by atoms with van der Waals surface area (Å²) in [6.07, 6.45) is 3.89. The van der Waals surface area contributed by atoms with Gasteiger partial charge in [-0.2, -0.15) is 0 Å². The van der Waals surface area contributed by atoms with Gasteiger partial charge in [0.05, 0.1) is 0 Å². The van der Waals surface area contributed by atoms with Crippen molar-refractivity contribution in [3.63, 3.8) is 0 Å². The summed E-state index contributed by atoms with van der Waals surface area (Å²) in [5, 5.41) is 4.28. The van der Waals surface area contributed by atoms with E-state index in [4.69, 9.17) is 11.6 Å². The van der Waals surface area contributed by atoms with Gasteiger partial charge in [0.15, 0.2) is 5.13 Å². The quantitative estimate of drug-likeness (QED) is 0.727. The molecule has 0 unspecified atom stereocenters. The van der Waals surface area contributed by atoms with Crippen molar-refractivity contribution in [2.75, 3.05) is 31.5 Å². The molecule has 1 aliphatic heterocycles. The van der Waals surface area contributed by atoms with E-state index in [0.29, 0.717) is 49.2 Å². The Morgan fingerprint density at radius 2 is 2.00 bits per heavy atom. The Balaban J connectivity index is 1.50. The van der Waals surface area contributed by atoms with Crippen LogP contribution in [-0.2, 0) is 11.2 Å². The van der Waals surface area contributed by atoms with Crippen molar-refractivity contribution in [3.8, 4) is 0 Å². The predicted molar refractivity (Wildman–Crippen MR) is 118 cm³/mol. The smallest absolute Gasteiger partial charge is 0.319 e. The largest absolute Gasteiger partial charge is 0.325 e. The molecule has 6 nitrogen and oxygen atoms in total. The Morgan fingerprint density at radius 3 is 2.66 bits per heavy atom. The van der Waals surface area contributed by atoms with Gasteiger partial charge in [0.25, 0.3) is 0 Å². The van der Waals surface area contributed by atoms with Gasteiger partial charge in [-0.1, -0.05) is 23.7 Å². The van der Waals surface area contributed by atoms with E-state index in [1.54, 1.807) is 6.20 Å². The number of benzene rings is 1. The molecular formula is C21H27ClN4O2S. The van der Waals surface area contributed by atoms with Gasteiger partial charge in [-0.05, 0) is 44.4 Å². The SMILES string of the molecule is CCN(CC)C(=O)N1CCC(C(=O)Nc2ncc(Cc3cccc(Cl)c3)s2)CC1. The van der Waals surface area contributed by atoms with Gasteiger partial charge in [0.2, 0.25) is 5.91 Å². The van der Waals surface area contributed by atoms with Crippen LogP contribution in [0.25, 0.3) is 0 Å². The average molecular weight is 435 g/mol. The molecule has 2 aromatic rings. The van der Waals surface area contributed by atoms with Gasteiger partial charge in [-0.25, -0.2) is 9.78 Å². The Morgan fingerprint density at radius 1 is 1.28 bits per heavy atom. The van der Waals surface area contributed by atoms with Crippen LogP contribution in [0.2, 0.25) is 5.02 Å². The highest BCUT2D eigenvalue weighted by Gasteiger charge is 2.29. The summed E-state index contributed by atoms with van der Waals surface area (Å²) in [5.74, 6) is -0.0976. The average Bonchev–Trinajstić information content (AvgIpc) is 3.15. The molecule has 156 valence electrons. The van der Waals surface area contributed by atoms with Crippen molar-refractivity contribution >= 4 is 40.0 Å². The number of hydrogen-bond acceptors (Lipinski definition) is 4. The summed E-state index contributed by atoms with van der Waals surface area (Å²) < 4.78 is 0. The summed E-state index contributed by atoms with van der Waals surface area (Å²) in [6, 6.07) is 7.81. The van der Waals surface area contributed by atoms with Crippen molar-refractivity contribution in [1.82, 2.24) is 14.8 Å². The monoisotopic (exact) mass is 434 g/mol. The first-order valence-electron chi connectivity index (χ1n) is 10.0. The molecule has 3 rings (SSSR count). The van der Waals surface area contributed by atoms with Crippen molar-refractivity contribution in [1.29, 1.82) is 0 Å². The fraction of sp³-hybridized carbons (Fsp3) is 0.476. The zero-order valence-electron chi connectivity index (χ0n) is 16.9. The molecule has 1 aromatic heterocycles. The standard InChI is InChI=1S/C21H27ClN4O2S/c1-3-25(4-2)21(28)26-10-8-16(9-11-26)19(27)24-20-23-14-18(29-20)13-15-6-5-7-17(22)12-15/h5-7,12,14,16H,3-4,8-11,13H2,1-2H3,(H,23,24,27). The first kappa shape index (κ1) is 21.6. The number of nitrogens with zero attached hydrogens (tertiary/aromatic N) is 3. The Labute approximate surface area is 180 Å². The van der Waals surface area contributed by atoms with E-state index >= 15 is 0 Å². The molecule has 0 bridgehead atoms. The lowest BCUT2D eigenvalue weighted by Crippen LogP contribution is -2.47. The maximum absolute atomic E-state index is 12.6. The zero-order valence-corrected chi connectivity index (χ0v) is 18.4. The summed E-state index contributed by atoms with van der Waals surface area (Å²) in [5.41, 5.74) is 1.12. The highest BCUT2D eigenvalue weighted by molar-refractivity contribution is 7.15. The normalized spacial score (nSPS) is 14.7. The van der Waals surface area contributed by atoms with E-state index in [9.17, 15) is 9.59 Å². The van der Waals surface area contributed by atoms with Crippen molar-refractivity contribution in [3.05, 3.63) is 45.9 Å². The summed E-state index contributed by atoms with van der Waals surface area (Å²) in [6.45, 7) is 6.61. The van der Waals surface area contributed by atoms with E-state index in [1.807, 2.05) is 47.9 Å². The topological polar surface area (TPSA) is 65.5 Å². The number of rotatable bonds is 6. The fourth-order valence-electron chi connectivity index (χ4n) is 3.53. The van der Waals surface area contributed by atoms with Crippen LogP contribution in [0.15, 0.2) is 30.5 Å². The van der Waals surface area contributed by atoms with Crippen LogP contribution in [-0.4, -0.2) is 52.9 Å². The van der Waals surface area contributed by atoms with E-state index < -0.39 is 0 Å². The van der Waals surface area contributed by atoms with Crippen LogP contribution in [0.3, 0.4) is 0 Å². The second-order valence-corrected chi connectivity index (χ2v) is 8.70. The molecule has 1 fully saturated rings. The molecule has 0 radical (unpaired) electrons. The molecule has 3 amide bonds. The van der Waals surface area contributed by atoms with Crippen molar-refractivity contribution in [2.24, 2.45) is 5.92 Å². The molecule has 1 N–H and O–H groups in total. The number of thiazole rings is 1. The number of amides is 3. The van der Waals surface area contributed by atoms with Gasteiger partial charge in [0, 0.05) is 54.6 Å². The zero-order chi connectivity index (χ0) is 20.8. The van der Waals surface area contributed by atoms with Crippen molar-refractivity contribution < 1.29 is 9.59 Å². The third kappa shape index (κ3) is 5.70. The number of nitrogens with one attached hydrogen (secondary N) is 1. The lowest BCUT2D eigenvalue weighted by molar-refractivity contribution is -0.121. The number of aromatic nitrogens is 1. The van der Waals surface area contributed by atoms with Gasteiger partial charge >= 0.3 is 6.03 Å². The first-order valence-corrected chi connectivity index (χ1v) is 11.2. The second-order valence-electron chi connectivity index (χ2n) is 7.14. The number of carbonyl (C=O) groups is 2. The minimum atomic E-state index is -0.0870. The lowest BCUT2D eigenvalue weighted by Gasteiger charge is -2.34. The third-order valence-electron chi connectivity index (χ3n) is 5.22. The van der Waals surface area contributed by atoms with Crippen LogP contribution in [0.1, 0.15) is 37.1 Å². The Kier molecular flexibility index (Phi) is 7.50. The fourth-order valence-corrected chi connectivity index (χ4v) is 4.59. The minimum Gasteiger partial charge on any atom is -0.325 e. The molecule has 0 saturated carbocycles. The second kappa shape index (κ2) is 10.1. The van der Waals surface area contributed by atoms with Crippen LogP contribution >= 0.6 is 22.9 Å². The van der Waals surface area contributed by atoms with Gasteiger partial charge < -0.3 is 15.1 Å². The molecule has 1 saturated heterocycles. The molecule has 8 heteroatoms. The highest BCUT2D eigenvalue weighted by atomic mass is 35.5. The first-order chi connectivity index (χ1) is 14.0. The van der Waals surface area contributed by atoms with Crippen LogP contribution in [0.4, 0.5) is 9.93 Å². The van der Waals surface area contributed by atoms with E-state index in [0.717, 1.165) is 16.9 Å². The van der Waals surface area contributed by atoms with Gasteiger partial charge in [-0.3, -0.25) is 4.79 Å². The maximum atomic E-state index is 12.6. The van der Waals surface area contributed by atoms with Gasteiger partial charge in [0.1, 0.15) is 0 Å². The number of carbonyl (C=O) groups excluding carboxylic acids is 2. The van der Waals surface area contributed by atoms with Crippen molar-refractivity contribution in [2.45, 2.75) is 33.1 Å². The molecule has 0 spiro atoms. The number of hydrogen-bond donors (Lipinski definition) is 1. The highest BCUT2D eigenvalue weighted by Crippen LogP contribution is 2.25. The Bertz CT molecular complexity index is 845. The van der Waals surface area contributed by atoms with Crippen LogP contribution < -0.4 is 5.32 Å². The Hall–Kier alpha value is -2.12. The predicted octanol–water partition coefficient (Wildman–Crippen LogP) is 4.50.